The molecule has 1 aromatic carbocycles. The summed E-state index contributed by atoms with van der Waals surface area (Å²) in [4.78, 5) is 24.9. The molecule has 1 saturated heterocycles. The van der Waals surface area contributed by atoms with Crippen LogP contribution in [0.2, 0.25) is 0 Å². The van der Waals surface area contributed by atoms with Gasteiger partial charge in [-0.3, -0.25) is 9.59 Å². The highest BCUT2D eigenvalue weighted by molar-refractivity contribution is 6.64. The number of benzene rings is 1. The van der Waals surface area contributed by atoms with Gasteiger partial charge >= 0.3 is 0 Å². The summed E-state index contributed by atoms with van der Waals surface area (Å²) in [7, 11) is 0. The third kappa shape index (κ3) is 2.86. The molecule has 3 nitrogen and oxygen atoms in total. The lowest BCUT2D eigenvalue weighted by Gasteiger charge is -2.30. The number of likely N-dealkylation sites (tertiary alicyclic amines) is 1. The first kappa shape index (κ1) is 12.1. The van der Waals surface area contributed by atoms with E-state index in [2.05, 4.69) is 0 Å². The molecule has 0 aliphatic carbocycles. The molecule has 1 aliphatic rings. The van der Waals surface area contributed by atoms with Gasteiger partial charge in [0.1, 0.15) is 0 Å². The average Bonchev–Trinajstić information content (AvgIpc) is 2.39. The van der Waals surface area contributed by atoms with Crippen LogP contribution in [0.15, 0.2) is 30.3 Å². The molecule has 4 heteroatoms. The second kappa shape index (κ2) is 5.32. The number of carbonyl (C=O) groups is 2. The van der Waals surface area contributed by atoms with Gasteiger partial charge in [-0.25, -0.2) is 0 Å². The van der Waals surface area contributed by atoms with Crippen LogP contribution in [-0.2, 0) is 4.79 Å². The summed E-state index contributed by atoms with van der Waals surface area (Å²) >= 11 is 5.46. The van der Waals surface area contributed by atoms with Gasteiger partial charge in [-0.15, -0.1) is 0 Å². The van der Waals surface area contributed by atoms with E-state index in [1.165, 1.54) is 0 Å². The molecule has 0 atom stereocenters. The molecule has 0 bridgehead atoms. The summed E-state index contributed by atoms with van der Waals surface area (Å²) < 4.78 is 0. The number of carbonyl (C=O) groups excluding carboxylic acids is 2. The van der Waals surface area contributed by atoms with Crippen LogP contribution in [0, 0.1) is 5.92 Å². The van der Waals surface area contributed by atoms with Crippen LogP contribution in [-0.4, -0.2) is 29.1 Å². The Labute approximate surface area is 105 Å². The third-order valence-corrected chi connectivity index (χ3v) is 3.43. The lowest BCUT2D eigenvalue weighted by Crippen LogP contribution is -2.39. The molecule has 0 unspecified atom stereocenters. The van der Waals surface area contributed by atoms with E-state index in [0.29, 0.717) is 31.5 Å². The van der Waals surface area contributed by atoms with Crippen LogP contribution in [0.5, 0.6) is 0 Å². The first-order valence-electron chi connectivity index (χ1n) is 5.72. The minimum absolute atomic E-state index is 0.0334. The van der Waals surface area contributed by atoms with Crippen molar-refractivity contribution in [2.75, 3.05) is 13.1 Å². The number of nitrogens with zero attached hydrogens (tertiary/aromatic N) is 1. The van der Waals surface area contributed by atoms with Crippen LogP contribution >= 0.6 is 11.6 Å². The van der Waals surface area contributed by atoms with Gasteiger partial charge in [-0.05, 0) is 36.6 Å². The van der Waals surface area contributed by atoms with Gasteiger partial charge in [-0.1, -0.05) is 18.2 Å². The fraction of sp³-hybridized carbons (Fsp3) is 0.385. The minimum Gasteiger partial charge on any atom is -0.339 e. The Morgan fingerprint density at radius 1 is 1.12 bits per heavy atom. The second-order valence-corrected chi connectivity index (χ2v) is 4.61. The lowest BCUT2D eigenvalue weighted by molar-refractivity contribution is -0.116. The summed E-state index contributed by atoms with van der Waals surface area (Å²) in [6.07, 6.45) is 1.34. The van der Waals surface area contributed by atoms with Gasteiger partial charge in [0.05, 0.1) is 0 Å². The molecule has 0 radical (unpaired) electrons. The molecule has 1 heterocycles. The molecule has 0 aromatic heterocycles. The van der Waals surface area contributed by atoms with Gasteiger partial charge in [0, 0.05) is 24.6 Å². The van der Waals surface area contributed by atoms with E-state index in [4.69, 9.17) is 11.6 Å². The highest BCUT2D eigenvalue weighted by atomic mass is 35.5. The van der Waals surface area contributed by atoms with E-state index in [-0.39, 0.29) is 17.1 Å². The zero-order valence-corrected chi connectivity index (χ0v) is 10.2. The van der Waals surface area contributed by atoms with Gasteiger partial charge in [0.25, 0.3) is 5.91 Å². The Hall–Kier alpha value is -1.35. The van der Waals surface area contributed by atoms with Crippen LogP contribution in [0.3, 0.4) is 0 Å². The molecule has 1 aliphatic heterocycles. The lowest BCUT2D eigenvalue weighted by atomic mass is 9.98. The predicted octanol–water partition coefficient (Wildman–Crippen LogP) is 2.30. The fourth-order valence-corrected chi connectivity index (χ4v) is 2.29. The van der Waals surface area contributed by atoms with E-state index in [0.717, 1.165) is 0 Å². The van der Waals surface area contributed by atoms with Crippen molar-refractivity contribution < 1.29 is 9.59 Å². The number of rotatable bonds is 2. The van der Waals surface area contributed by atoms with Gasteiger partial charge in [0.2, 0.25) is 5.24 Å². The summed E-state index contributed by atoms with van der Waals surface area (Å²) in [5.74, 6) is -0.0532. The van der Waals surface area contributed by atoms with Crippen molar-refractivity contribution in [1.29, 1.82) is 0 Å². The topological polar surface area (TPSA) is 37.4 Å². The van der Waals surface area contributed by atoms with E-state index in [1.54, 1.807) is 17.0 Å². The highest BCUT2D eigenvalue weighted by Crippen LogP contribution is 2.20. The Morgan fingerprint density at radius 2 is 1.71 bits per heavy atom. The largest absolute Gasteiger partial charge is 0.339 e. The molecule has 1 fully saturated rings. The van der Waals surface area contributed by atoms with Crippen molar-refractivity contribution in [3.63, 3.8) is 0 Å². The molecule has 90 valence electrons. The fourth-order valence-electron chi connectivity index (χ4n) is 2.07. The molecule has 1 amide bonds. The SMILES string of the molecule is O=C(Cl)C1CCN(C(=O)c2ccccc2)CC1. The smallest absolute Gasteiger partial charge is 0.253 e. The normalized spacial score (nSPS) is 16.9. The standard InChI is InChI=1S/C13H14ClNO2/c14-12(16)10-6-8-15(9-7-10)13(17)11-4-2-1-3-5-11/h1-5,10H,6-9H2. The van der Waals surface area contributed by atoms with Gasteiger partial charge in [0.15, 0.2) is 0 Å². The summed E-state index contributed by atoms with van der Waals surface area (Å²) in [6, 6.07) is 9.20. The molecule has 0 N–H and O–H groups in total. The van der Waals surface area contributed by atoms with E-state index in [1.807, 2.05) is 18.2 Å². The quantitative estimate of drug-likeness (QED) is 0.757. The molecule has 0 spiro atoms. The van der Waals surface area contributed by atoms with Crippen LogP contribution < -0.4 is 0 Å². The van der Waals surface area contributed by atoms with Crippen LogP contribution in [0.1, 0.15) is 23.2 Å². The van der Waals surface area contributed by atoms with E-state index >= 15 is 0 Å². The zero-order valence-electron chi connectivity index (χ0n) is 9.43. The number of amides is 1. The first-order valence-corrected chi connectivity index (χ1v) is 6.10. The van der Waals surface area contributed by atoms with Gasteiger partial charge < -0.3 is 4.90 Å². The van der Waals surface area contributed by atoms with E-state index in [9.17, 15) is 9.59 Å². The molecule has 2 rings (SSSR count). The molecular formula is C13H14ClNO2. The average molecular weight is 252 g/mol. The maximum Gasteiger partial charge on any atom is 0.253 e. The second-order valence-electron chi connectivity index (χ2n) is 4.24. The van der Waals surface area contributed by atoms with Crippen molar-refractivity contribution in [3.05, 3.63) is 35.9 Å². The van der Waals surface area contributed by atoms with E-state index < -0.39 is 0 Å². The van der Waals surface area contributed by atoms with Crippen LogP contribution in [0.25, 0.3) is 0 Å². The van der Waals surface area contributed by atoms with Gasteiger partial charge in [-0.2, -0.15) is 0 Å². The monoisotopic (exact) mass is 251 g/mol. The molecule has 1 aromatic rings. The first-order chi connectivity index (χ1) is 8.18. The summed E-state index contributed by atoms with van der Waals surface area (Å²) in [6.45, 7) is 1.22. The Bertz CT molecular complexity index is 411. The van der Waals surface area contributed by atoms with Crippen molar-refractivity contribution in [1.82, 2.24) is 4.90 Å². The summed E-state index contributed by atoms with van der Waals surface area (Å²) in [5, 5.41) is -0.281. The number of halogens is 1. The Balaban J connectivity index is 1.98. The minimum atomic E-state index is -0.281. The third-order valence-electron chi connectivity index (χ3n) is 3.12. The number of hydrogen-bond donors (Lipinski definition) is 0. The molecule has 17 heavy (non-hydrogen) atoms. The summed E-state index contributed by atoms with van der Waals surface area (Å²) in [5.41, 5.74) is 0.697. The molecule has 0 saturated carbocycles. The Morgan fingerprint density at radius 3 is 2.24 bits per heavy atom. The van der Waals surface area contributed by atoms with Crippen LogP contribution in [0.4, 0.5) is 0 Å². The zero-order chi connectivity index (χ0) is 12.3. The maximum absolute atomic E-state index is 12.1. The number of hydrogen-bond acceptors (Lipinski definition) is 2. The predicted molar refractivity (Wildman–Crippen MR) is 65.9 cm³/mol. The van der Waals surface area contributed by atoms with Crippen molar-refractivity contribution in [3.8, 4) is 0 Å². The maximum atomic E-state index is 12.1. The van der Waals surface area contributed by atoms with Crippen molar-refractivity contribution in [2.24, 2.45) is 5.92 Å². The Kier molecular flexibility index (Phi) is 3.79. The highest BCUT2D eigenvalue weighted by Gasteiger charge is 2.26. The van der Waals surface area contributed by atoms with Crippen molar-refractivity contribution >= 4 is 22.8 Å². The number of piperidine rings is 1. The molecular weight excluding hydrogens is 238 g/mol. The van der Waals surface area contributed by atoms with Crippen molar-refractivity contribution in [2.45, 2.75) is 12.8 Å².